The average molecular weight is 227 g/mol. The molecule has 1 aliphatic carbocycles. The molecule has 4 heteroatoms. The fraction of sp³-hybridized carbons (Fsp3) is 0.300. The van der Waals surface area contributed by atoms with Crippen LogP contribution in [0.15, 0.2) is 24.3 Å². The van der Waals surface area contributed by atoms with Crippen molar-refractivity contribution in [2.75, 3.05) is 0 Å². The predicted molar refractivity (Wildman–Crippen MR) is 61.4 cm³/mol. The van der Waals surface area contributed by atoms with E-state index in [1.54, 1.807) is 0 Å². The summed E-state index contributed by atoms with van der Waals surface area (Å²) in [5, 5.41) is 0. The summed E-state index contributed by atoms with van der Waals surface area (Å²) >= 11 is 11.8. The zero-order chi connectivity index (χ0) is 10.3. The van der Waals surface area contributed by atoms with Crippen LogP contribution in [-0.2, 0) is 4.79 Å². The molecule has 0 amide bonds. The van der Waals surface area contributed by atoms with E-state index < -0.39 is 4.33 Å². The Kier molecular flexibility index (Phi) is 2.36. The number of ketones is 1. The van der Waals surface area contributed by atoms with Gasteiger partial charge in [-0.05, 0) is 5.56 Å². The number of rotatable bonds is 1. The van der Waals surface area contributed by atoms with Gasteiger partial charge < -0.3 is 0 Å². The van der Waals surface area contributed by atoms with E-state index in [-0.39, 0.29) is 11.7 Å². The average Bonchev–Trinajstić information content (AvgIpc) is 2.16. The van der Waals surface area contributed by atoms with Crippen LogP contribution in [-0.4, -0.2) is 18.0 Å². The molecular formula is C10H9BCl2O. The molecular weight excluding hydrogens is 218 g/mol. The van der Waals surface area contributed by atoms with Gasteiger partial charge in [0.1, 0.15) is 7.85 Å². The van der Waals surface area contributed by atoms with Crippen molar-refractivity contribution < 1.29 is 4.79 Å². The van der Waals surface area contributed by atoms with Crippen LogP contribution in [0.25, 0.3) is 0 Å². The van der Waals surface area contributed by atoms with Crippen LogP contribution in [0.5, 0.6) is 0 Å². The third-order valence-corrected chi connectivity index (χ3v) is 3.63. The first kappa shape index (κ1) is 10.1. The standard InChI is InChI=1S/C10H9BCl2O/c11-7-3-1-6(2-4-7)8-5-9(14)10(8,12)13/h1-4,8H,5,11H2. The lowest BCUT2D eigenvalue weighted by molar-refractivity contribution is -0.125. The van der Waals surface area contributed by atoms with E-state index in [2.05, 4.69) is 0 Å². The Hall–Kier alpha value is -0.465. The first-order valence-corrected chi connectivity index (χ1v) is 5.25. The Morgan fingerprint density at radius 2 is 1.86 bits per heavy atom. The summed E-state index contributed by atoms with van der Waals surface area (Å²) in [6.45, 7) is 0. The molecule has 0 saturated heterocycles. The molecule has 0 spiro atoms. The van der Waals surface area contributed by atoms with E-state index in [0.717, 1.165) is 5.56 Å². The van der Waals surface area contributed by atoms with Crippen LogP contribution < -0.4 is 5.46 Å². The molecule has 1 atom stereocenters. The molecule has 0 heterocycles. The van der Waals surface area contributed by atoms with E-state index >= 15 is 0 Å². The van der Waals surface area contributed by atoms with Gasteiger partial charge in [-0.1, -0.05) is 52.9 Å². The highest BCUT2D eigenvalue weighted by molar-refractivity contribution is 6.61. The van der Waals surface area contributed by atoms with Gasteiger partial charge in [0, 0.05) is 12.3 Å². The Balaban J connectivity index is 2.26. The maximum absolute atomic E-state index is 11.1. The van der Waals surface area contributed by atoms with E-state index in [1.165, 1.54) is 5.46 Å². The fourth-order valence-electron chi connectivity index (χ4n) is 1.64. The van der Waals surface area contributed by atoms with Gasteiger partial charge in [-0.25, -0.2) is 0 Å². The predicted octanol–water partition coefficient (Wildman–Crippen LogP) is 1.18. The van der Waals surface area contributed by atoms with Gasteiger partial charge in [0.15, 0.2) is 10.1 Å². The second-order valence-corrected chi connectivity index (χ2v) is 5.10. The quantitative estimate of drug-likeness (QED) is 0.519. The Morgan fingerprint density at radius 3 is 2.29 bits per heavy atom. The SMILES string of the molecule is Bc1ccc(C2CC(=O)C2(Cl)Cl)cc1. The molecule has 0 radical (unpaired) electrons. The highest BCUT2D eigenvalue weighted by atomic mass is 35.5. The summed E-state index contributed by atoms with van der Waals surface area (Å²) in [5.74, 6) is -0.120. The van der Waals surface area contributed by atoms with Gasteiger partial charge in [0.05, 0.1) is 0 Å². The number of Topliss-reactive ketones (excluding diaryl/α,β-unsaturated/α-hetero) is 1. The minimum absolute atomic E-state index is 0.0427. The van der Waals surface area contributed by atoms with Crippen molar-refractivity contribution in [3.63, 3.8) is 0 Å². The molecule has 1 aromatic carbocycles. The summed E-state index contributed by atoms with van der Waals surface area (Å²) < 4.78 is -1.20. The van der Waals surface area contributed by atoms with Crippen LogP contribution >= 0.6 is 23.2 Å². The molecule has 0 aliphatic heterocycles. The third kappa shape index (κ3) is 1.47. The number of benzene rings is 1. The summed E-state index contributed by atoms with van der Waals surface area (Å²) in [7, 11) is 2.02. The monoisotopic (exact) mass is 226 g/mol. The Bertz CT molecular complexity index is 372. The van der Waals surface area contributed by atoms with Gasteiger partial charge in [-0.2, -0.15) is 0 Å². The summed E-state index contributed by atoms with van der Waals surface area (Å²) in [6, 6.07) is 7.96. The van der Waals surface area contributed by atoms with Crippen molar-refractivity contribution in [2.24, 2.45) is 0 Å². The second kappa shape index (κ2) is 3.28. The van der Waals surface area contributed by atoms with E-state index in [0.29, 0.717) is 6.42 Å². The largest absolute Gasteiger partial charge is 0.296 e. The van der Waals surface area contributed by atoms with Crippen molar-refractivity contribution >= 4 is 42.3 Å². The lowest BCUT2D eigenvalue weighted by atomic mass is 9.77. The summed E-state index contributed by atoms with van der Waals surface area (Å²) in [5.41, 5.74) is 2.23. The maximum atomic E-state index is 11.1. The van der Waals surface area contributed by atoms with E-state index in [9.17, 15) is 4.79 Å². The van der Waals surface area contributed by atoms with Crippen molar-refractivity contribution in [1.82, 2.24) is 0 Å². The third-order valence-electron chi connectivity index (χ3n) is 2.68. The zero-order valence-corrected chi connectivity index (χ0v) is 9.27. The van der Waals surface area contributed by atoms with Crippen molar-refractivity contribution in [1.29, 1.82) is 0 Å². The Labute approximate surface area is 93.8 Å². The maximum Gasteiger partial charge on any atom is 0.183 e. The topological polar surface area (TPSA) is 17.1 Å². The normalized spacial score (nSPS) is 24.4. The molecule has 14 heavy (non-hydrogen) atoms. The van der Waals surface area contributed by atoms with E-state index in [1.807, 2.05) is 32.1 Å². The van der Waals surface area contributed by atoms with Crippen LogP contribution in [0.3, 0.4) is 0 Å². The molecule has 1 aromatic rings. The smallest absolute Gasteiger partial charge is 0.183 e. The van der Waals surface area contributed by atoms with Crippen LogP contribution in [0.4, 0.5) is 0 Å². The van der Waals surface area contributed by atoms with Gasteiger partial charge in [0.25, 0.3) is 0 Å². The summed E-state index contributed by atoms with van der Waals surface area (Å²) in [6.07, 6.45) is 0.454. The van der Waals surface area contributed by atoms with Crippen molar-refractivity contribution in [3.8, 4) is 0 Å². The number of alkyl halides is 2. The molecule has 72 valence electrons. The van der Waals surface area contributed by atoms with Gasteiger partial charge in [-0.15, -0.1) is 0 Å². The molecule has 0 bridgehead atoms. The molecule has 1 fully saturated rings. The van der Waals surface area contributed by atoms with Gasteiger partial charge >= 0.3 is 0 Å². The molecule has 1 nitrogen and oxygen atoms in total. The molecule has 2 rings (SSSR count). The first-order valence-electron chi connectivity index (χ1n) is 4.49. The zero-order valence-electron chi connectivity index (χ0n) is 7.76. The number of carbonyl (C=O) groups excluding carboxylic acids is 1. The minimum atomic E-state index is -1.20. The number of carbonyl (C=O) groups is 1. The van der Waals surface area contributed by atoms with Crippen LogP contribution in [0.1, 0.15) is 17.9 Å². The fourth-order valence-corrected chi connectivity index (χ4v) is 2.20. The number of hydrogen-bond acceptors (Lipinski definition) is 1. The lowest BCUT2D eigenvalue weighted by Gasteiger charge is -2.38. The molecule has 0 aromatic heterocycles. The number of hydrogen-bond donors (Lipinski definition) is 0. The highest BCUT2D eigenvalue weighted by Crippen LogP contribution is 2.50. The Morgan fingerprint density at radius 1 is 1.29 bits per heavy atom. The van der Waals surface area contributed by atoms with Crippen molar-refractivity contribution in [2.45, 2.75) is 16.7 Å². The minimum Gasteiger partial charge on any atom is -0.296 e. The molecule has 1 unspecified atom stereocenters. The highest BCUT2D eigenvalue weighted by Gasteiger charge is 2.52. The van der Waals surface area contributed by atoms with Crippen molar-refractivity contribution in [3.05, 3.63) is 29.8 Å². The van der Waals surface area contributed by atoms with Crippen LogP contribution in [0, 0.1) is 0 Å². The molecule has 0 N–H and O–H groups in total. The number of halogens is 2. The van der Waals surface area contributed by atoms with Gasteiger partial charge in [0.2, 0.25) is 0 Å². The molecule has 1 saturated carbocycles. The van der Waals surface area contributed by atoms with E-state index in [4.69, 9.17) is 23.2 Å². The summed E-state index contributed by atoms with van der Waals surface area (Å²) in [4.78, 5) is 11.1. The van der Waals surface area contributed by atoms with Gasteiger partial charge in [-0.3, -0.25) is 4.79 Å². The second-order valence-electron chi connectivity index (χ2n) is 3.71. The lowest BCUT2D eigenvalue weighted by Crippen LogP contribution is -2.45. The van der Waals surface area contributed by atoms with Crippen LogP contribution in [0.2, 0.25) is 0 Å². The molecule has 1 aliphatic rings. The first-order chi connectivity index (χ1) is 6.51.